The molecule has 0 fully saturated rings. The van der Waals surface area contributed by atoms with Gasteiger partial charge in [0.25, 0.3) is 0 Å². The summed E-state index contributed by atoms with van der Waals surface area (Å²) in [5.41, 5.74) is 1.85. The standard InChI is InChI=1S/C12H20N2O3/c1-9-5-11(12(17-4)7-13-9)14-6-10(16-3)8-15-2/h5,7,10H,6,8H2,1-4H3,(H,13,14). The van der Waals surface area contributed by atoms with Crippen LogP contribution in [0.3, 0.4) is 0 Å². The fraction of sp³-hybridized carbons (Fsp3) is 0.583. The van der Waals surface area contributed by atoms with Crippen molar-refractivity contribution in [1.29, 1.82) is 0 Å². The van der Waals surface area contributed by atoms with Crippen LogP contribution >= 0.6 is 0 Å². The van der Waals surface area contributed by atoms with E-state index in [1.54, 1.807) is 27.5 Å². The minimum Gasteiger partial charge on any atom is -0.493 e. The summed E-state index contributed by atoms with van der Waals surface area (Å²) >= 11 is 0. The molecule has 0 bridgehead atoms. The molecule has 5 nitrogen and oxygen atoms in total. The Labute approximate surface area is 102 Å². The van der Waals surface area contributed by atoms with Crippen molar-refractivity contribution in [2.45, 2.75) is 13.0 Å². The molecule has 0 saturated carbocycles. The van der Waals surface area contributed by atoms with Crippen molar-refractivity contribution < 1.29 is 14.2 Å². The normalized spacial score (nSPS) is 12.2. The minimum absolute atomic E-state index is 0.0122. The lowest BCUT2D eigenvalue weighted by Gasteiger charge is -2.17. The Balaban J connectivity index is 2.63. The fourth-order valence-corrected chi connectivity index (χ4v) is 1.47. The maximum atomic E-state index is 5.27. The summed E-state index contributed by atoms with van der Waals surface area (Å²) < 4.78 is 15.6. The van der Waals surface area contributed by atoms with Crippen molar-refractivity contribution in [1.82, 2.24) is 4.98 Å². The van der Waals surface area contributed by atoms with E-state index in [1.807, 2.05) is 13.0 Å². The topological polar surface area (TPSA) is 52.6 Å². The van der Waals surface area contributed by atoms with E-state index < -0.39 is 0 Å². The van der Waals surface area contributed by atoms with Gasteiger partial charge in [0, 0.05) is 26.5 Å². The van der Waals surface area contributed by atoms with E-state index in [0.717, 1.165) is 17.1 Å². The van der Waals surface area contributed by atoms with Crippen molar-refractivity contribution in [3.63, 3.8) is 0 Å². The molecule has 0 spiro atoms. The highest BCUT2D eigenvalue weighted by molar-refractivity contribution is 5.55. The summed E-state index contributed by atoms with van der Waals surface area (Å²) in [5, 5.41) is 3.27. The molecule has 17 heavy (non-hydrogen) atoms. The van der Waals surface area contributed by atoms with Crippen LogP contribution < -0.4 is 10.1 Å². The molecular weight excluding hydrogens is 220 g/mol. The Morgan fingerprint density at radius 1 is 1.35 bits per heavy atom. The predicted molar refractivity (Wildman–Crippen MR) is 66.7 cm³/mol. The number of methoxy groups -OCH3 is 3. The first-order chi connectivity index (χ1) is 8.21. The highest BCUT2D eigenvalue weighted by Crippen LogP contribution is 2.23. The average molecular weight is 240 g/mol. The molecule has 0 radical (unpaired) electrons. The van der Waals surface area contributed by atoms with Crippen LogP contribution in [0.2, 0.25) is 0 Å². The third kappa shape index (κ3) is 4.20. The lowest BCUT2D eigenvalue weighted by Crippen LogP contribution is -2.26. The zero-order chi connectivity index (χ0) is 12.7. The lowest BCUT2D eigenvalue weighted by atomic mass is 10.3. The molecule has 1 aromatic heterocycles. The van der Waals surface area contributed by atoms with Crippen LogP contribution in [-0.4, -0.2) is 45.6 Å². The predicted octanol–water partition coefficient (Wildman–Crippen LogP) is 1.47. The molecule has 0 amide bonds. The van der Waals surface area contributed by atoms with Gasteiger partial charge < -0.3 is 19.5 Å². The van der Waals surface area contributed by atoms with Gasteiger partial charge in [-0.05, 0) is 13.0 Å². The smallest absolute Gasteiger partial charge is 0.160 e. The molecular formula is C12H20N2O3. The molecule has 1 N–H and O–H groups in total. The third-order valence-electron chi connectivity index (χ3n) is 2.43. The van der Waals surface area contributed by atoms with Gasteiger partial charge in [-0.3, -0.25) is 4.98 Å². The maximum Gasteiger partial charge on any atom is 0.160 e. The molecule has 5 heteroatoms. The highest BCUT2D eigenvalue weighted by Gasteiger charge is 2.09. The van der Waals surface area contributed by atoms with E-state index in [0.29, 0.717) is 13.2 Å². The summed E-state index contributed by atoms with van der Waals surface area (Å²) in [6.45, 7) is 3.15. The van der Waals surface area contributed by atoms with E-state index in [-0.39, 0.29) is 6.10 Å². The first-order valence-electron chi connectivity index (χ1n) is 5.47. The zero-order valence-corrected chi connectivity index (χ0v) is 10.8. The van der Waals surface area contributed by atoms with Crippen LogP contribution in [0.5, 0.6) is 5.75 Å². The molecule has 0 aromatic carbocycles. The van der Waals surface area contributed by atoms with Crippen LogP contribution in [0.25, 0.3) is 0 Å². The summed E-state index contributed by atoms with van der Waals surface area (Å²) in [6.07, 6.45) is 1.72. The summed E-state index contributed by atoms with van der Waals surface area (Å²) in [5.74, 6) is 0.725. The Kier molecular flexibility index (Phi) is 5.72. The molecule has 1 rings (SSSR count). The third-order valence-corrected chi connectivity index (χ3v) is 2.43. The van der Waals surface area contributed by atoms with Crippen molar-refractivity contribution in [2.24, 2.45) is 0 Å². The summed E-state index contributed by atoms with van der Waals surface area (Å²) in [7, 11) is 4.95. The van der Waals surface area contributed by atoms with Gasteiger partial charge in [-0.15, -0.1) is 0 Å². The molecule has 1 atom stereocenters. The number of aryl methyl sites for hydroxylation is 1. The Morgan fingerprint density at radius 2 is 2.12 bits per heavy atom. The molecule has 0 aliphatic carbocycles. The Morgan fingerprint density at radius 3 is 2.71 bits per heavy atom. The average Bonchev–Trinajstić information content (AvgIpc) is 2.34. The van der Waals surface area contributed by atoms with E-state index in [9.17, 15) is 0 Å². The van der Waals surface area contributed by atoms with Crippen LogP contribution in [0.1, 0.15) is 5.69 Å². The van der Waals surface area contributed by atoms with Crippen molar-refractivity contribution in [2.75, 3.05) is 39.8 Å². The highest BCUT2D eigenvalue weighted by atomic mass is 16.5. The van der Waals surface area contributed by atoms with E-state index in [2.05, 4.69) is 10.3 Å². The molecule has 1 unspecified atom stereocenters. The van der Waals surface area contributed by atoms with Gasteiger partial charge in [-0.25, -0.2) is 0 Å². The monoisotopic (exact) mass is 240 g/mol. The van der Waals surface area contributed by atoms with Gasteiger partial charge in [-0.2, -0.15) is 0 Å². The number of rotatable bonds is 7. The van der Waals surface area contributed by atoms with Gasteiger partial charge in [0.15, 0.2) is 5.75 Å². The van der Waals surface area contributed by atoms with Crippen molar-refractivity contribution in [3.8, 4) is 5.75 Å². The van der Waals surface area contributed by atoms with Gasteiger partial charge in [0.2, 0.25) is 0 Å². The van der Waals surface area contributed by atoms with Gasteiger partial charge in [-0.1, -0.05) is 0 Å². The number of anilines is 1. The second-order valence-corrected chi connectivity index (χ2v) is 3.72. The number of pyridine rings is 1. The molecule has 0 aliphatic rings. The maximum absolute atomic E-state index is 5.27. The Bertz CT molecular complexity index is 345. The van der Waals surface area contributed by atoms with Gasteiger partial charge in [0.1, 0.15) is 0 Å². The van der Waals surface area contributed by atoms with Crippen molar-refractivity contribution >= 4 is 5.69 Å². The summed E-state index contributed by atoms with van der Waals surface area (Å²) in [6, 6.07) is 1.94. The number of aromatic nitrogens is 1. The number of nitrogens with zero attached hydrogens (tertiary/aromatic N) is 1. The van der Waals surface area contributed by atoms with E-state index in [4.69, 9.17) is 14.2 Å². The number of hydrogen-bond acceptors (Lipinski definition) is 5. The molecule has 1 heterocycles. The first kappa shape index (κ1) is 13.7. The molecule has 0 aliphatic heterocycles. The number of nitrogens with one attached hydrogen (secondary N) is 1. The number of hydrogen-bond donors (Lipinski definition) is 1. The van der Waals surface area contributed by atoms with Gasteiger partial charge >= 0.3 is 0 Å². The second-order valence-electron chi connectivity index (χ2n) is 3.72. The summed E-state index contributed by atoms with van der Waals surface area (Å²) in [4.78, 5) is 4.17. The zero-order valence-electron chi connectivity index (χ0n) is 10.8. The minimum atomic E-state index is 0.0122. The molecule has 1 aromatic rings. The van der Waals surface area contributed by atoms with E-state index >= 15 is 0 Å². The fourth-order valence-electron chi connectivity index (χ4n) is 1.47. The first-order valence-corrected chi connectivity index (χ1v) is 5.47. The van der Waals surface area contributed by atoms with Gasteiger partial charge in [0.05, 0.1) is 31.7 Å². The SMILES string of the molecule is COCC(CNc1cc(C)ncc1OC)OC. The molecule has 0 saturated heterocycles. The largest absolute Gasteiger partial charge is 0.493 e. The number of ether oxygens (including phenoxy) is 3. The van der Waals surface area contributed by atoms with E-state index in [1.165, 1.54) is 0 Å². The molecule has 96 valence electrons. The lowest BCUT2D eigenvalue weighted by molar-refractivity contribution is 0.0365. The van der Waals surface area contributed by atoms with Crippen LogP contribution in [0.15, 0.2) is 12.3 Å². The van der Waals surface area contributed by atoms with Crippen LogP contribution in [0, 0.1) is 6.92 Å². The van der Waals surface area contributed by atoms with Crippen molar-refractivity contribution in [3.05, 3.63) is 18.0 Å². The second kappa shape index (κ2) is 7.09. The van der Waals surface area contributed by atoms with Crippen LogP contribution in [-0.2, 0) is 9.47 Å². The quantitative estimate of drug-likeness (QED) is 0.782. The van der Waals surface area contributed by atoms with Crippen LogP contribution in [0.4, 0.5) is 5.69 Å². The Hall–Kier alpha value is -1.33.